The molecule has 0 N–H and O–H groups in total. The molecule has 2 aromatic carbocycles. The zero-order valence-corrected chi connectivity index (χ0v) is 17.1. The van der Waals surface area contributed by atoms with Gasteiger partial charge in [-0.3, -0.25) is 9.59 Å². The van der Waals surface area contributed by atoms with E-state index in [1.54, 1.807) is 41.3 Å². The molecule has 0 spiro atoms. The Kier molecular flexibility index (Phi) is 5.49. The minimum atomic E-state index is -0.414. The van der Waals surface area contributed by atoms with E-state index in [0.29, 0.717) is 48.4 Å². The van der Waals surface area contributed by atoms with Crippen LogP contribution >= 0.6 is 15.9 Å². The average Bonchev–Trinajstić information content (AvgIpc) is 2.73. The predicted octanol–water partition coefficient (Wildman–Crippen LogP) is 3.79. The van der Waals surface area contributed by atoms with E-state index in [-0.39, 0.29) is 18.3 Å². The Labute approximate surface area is 175 Å². The van der Waals surface area contributed by atoms with Crippen LogP contribution in [0.15, 0.2) is 62.2 Å². The highest BCUT2D eigenvalue weighted by Crippen LogP contribution is 2.25. The van der Waals surface area contributed by atoms with E-state index in [2.05, 4.69) is 15.9 Å². The maximum Gasteiger partial charge on any atom is 0.344 e. The lowest BCUT2D eigenvalue weighted by molar-refractivity contribution is -0.136. The molecule has 0 bridgehead atoms. The van der Waals surface area contributed by atoms with Crippen molar-refractivity contribution in [2.45, 2.75) is 12.8 Å². The lowest BCUT2D eigenvalue weighted by Gasteiger charge is -2.25. The van der Waals surface area contributed by atoms with E-state index in [0.717, 1.165) is 9.86 Å². The number of likely N-dealkylation sites (tertiary alicyclic amines) is 1. The number of ether oxygens (including phenoxy) is 1. The van der Waals surface area contributed by atoms with Gasteiger partial charge in [-0.05, 0) is 42.0 Å². The van der Waals surface area contributed by atoms with Crippen LogP contribution in [0.3, 0.4) is 0 Å². The highest BCUT2D eigenvalue weighted by molar-refractivity contribution is 9.10. The summed E-state index contributed by atoms with van der Waals surface area (Å²) in [6, 6.07) is 14.2. The molecule has 6 nitrogen and oxygen atoms in total. The van der Waals surface area contributed by atoms with Gasteiger partial charge >= 0.3 is 5.63 Å². The smallest absolute Gasteiger partial charge is 0.344 e. The van der Waals surface area contributed by atoms with Crippen LogP contribution in [-0.2, 0) is 9.59 Å². The zero-order valence-electron chi connectivity index (χ0n) is 15.5. The van der Waals surface area contributed by atoms with Gasteiger partial charge in [-0.15, -0.1) is 0 Å². The Balaban J connectivity index is 1.46. The van der Waals surface area contributed by atoms with E-state index in [1.165, 1.54) is 0 Å². The van der Waals surface area contributed by atoms with Gasteiger partial charge in [0.25, 0.3) is 5.91 Å². The number of ketones is 1. The van der Waals surface area contributed by atoms with Crippen molar-refractivity contribution in [2.24, 2.45) is 0 Å². The van der Waals surface area contributed by atoms with Crippen molar-refractivity contribution in [3.63, 3.8) is 0 Å². The van der Waals surface area contributed by atoms with Crippen LogP contribution in [0.5, 0.6) is 5.75 Å². The molecule has 148 valence electrons. The lowest BCUT2D eigenvalue weighted by atomic mass is 10.1. The van der Waals surface area contributed by atoms with Gasteiger partial charge in [0.2, 0.25) is 0 Å². The predicted molar refractivity (Wildman–Crippen MR) is 112 cm³/mol. The zero-order chi connectivity index (χ0) is 20.4. The van der Waals surface area contributed by atoms with Gasteiger partial charge < -0.3 is 14.1 Å². The Morgan fingerprint density at radius 3 is 2.48 bits per heavy atom. The number of benzene rings is 2. The van der Waals surface area contributed by atoms with Gasteiger partial charge in [-0.1, -0.05) is 28.1 Å². The maximum absolute atomic E-state index is 12.3. The molecule has 0 atom stereocenters. The van der Waals surface area contributed by atoms with Crippen molar-refractivity contribution in [3.8, 4) is 16.9 Å². The number of amides is 1. The highest BCUT2D eigenvalue weighted by Gasteiger charge is 2.21. The molecule has 1 amide bonds. The van der Waals surface area contributed by atoms with Crippen LogP contribution in [0.2, 0.25) is 0 Å². The Hall–Kier alpha value is -2.93. The van der Waals surface area contributed by atoms with Crippen LogP contribution in [0, 0.1) is 0 Å². The lowest BCUT2D eigenvalue weighted by Crippen LogP contribution is -2.41. The number of halogens is 1. The minimum Gasteiger partial charge on any atom is -0.484 e. The Bertz CT molecular complexity index is 1130. The summed E-state index contributed by atoms with van der Waals surface area (Å²) in [4.78, 5) is 37.4. The molecule has 3 aromatic rings. The number of nitrogens with zero attached hydrogens (tertiary/aromatic N) is 1. The molecule has 1 aliphatic heterocycles. The Morgan fingerprint density at radius 2 is 1.76 bits per heavy atom. The molecular formula is C22H18BrNO5. The van der Waals surface area contributed by atoms with Crippen molar-refractivity contribution in [3.05, 3.63) is 63.4 Å². The van der Waals surface area contributed by atoms with Gasteiger partial charge in [0, 0.05) is 35.8 Å². The number of carbonyl (C=O) groups is 2. The first-order valence-electron chi connectivity index (χ1n) is 9.26. The summed E-state index contributed by atoms with van der Waals surface area (Å²) in [5, 5.41) is 0.819. The summed E-state index contributed by atoms with van der Waals surface area (Å²) >= 11 is 3.42. The third-order valence-corrected chi connectivity index (χ3v) is 5.39. The summed E-state index contributed by atoms with van der Waals surface area (Å²) in [5.41, 5.74) is 1.27. The molecule has 2 heterocycles. The average molecular weight is 456 g/mol. The molecule has 4 rings (SSSR count). The third kappa shape index (κ3) is 4.40. The second-order valence-electron chi connectivity index (χ2n) is 6.86. The van der Waals surface area contributed by atoms with Gasteiger partial charge in [-0.25, -0.2) is 4.79 Å². The summed E-state index contributed by atoms with van der Waals surface area (Å²) in [7, 11) is 0. The number of hydrogen-bond donors (Lipinski definition) is 0. The van der Waals surface area contributed by atoms with Gasteiger partial charge in [0.05, 0.1) is 5.56 Å². The number of Topliss-reactive ketones (excluding diaryl/α,β-unsaturated/α-hetero) is 1. The second-order valence-corrected chi connectivity index (χ2v) is 7.78. The molecule has 0 saturated carbocycles. The molecule has 0 unspecified atom stereocenters. The van der Waals surface area contributed by atoms with Crippen LogP contribution < -0.4 is 10.4 Å². The molecule has 1 aliphatic rings. The first kappa shape index (κ1) is 19.4. The highest BCUT2D eigenvalue weighted by atomic mass is 79.9. The van der Waals surface area contributed by atoms with Crippen LogP contribution in [0.1, 0.15) is 12.8 Å². The summed E-state index contributed by atoms with van der Waals surface area (Å²) in [5.74, 6) is 0.585. The summed E-state index contributed by atoms with van der Waals surface area (Å²) in [6.07, 6.45) is 0.816. The number of hydrogen-bond acceptors (Lipinski definition) is 5. The molecule has 7 heteroatoms. The van der Waals surface area contributed by atoms with E-state index >= 15 is 0 Å². The first-order valence-corrected chi connectivity index (χ1v) is 10.0. The third-order valence-electron chi connectivity index (χ3n) is 4.90. The molecule has 1 fully saturated rings. The standard InChI is InChI=1S/C22H18BrNO5/c23-16-3-6-20-15(11-16)12-19(22(27)29-20)14-1-4-18(5-2-14)28-13-21(26)24-9-7-17(25)8-10-24/h1-6,11-12H,7-10,13H2. The SMILES string of the molecule is O=C1CCN(C(=O)COc2ccc(-c3cc4cc(Br)ccc4oc3=O)cc2)CC1. The van der Waals surface area contributed by atoms with E-state index in [4.69, 9.17) is 9.15 Å². The van der Waals surface area contributed by atoms with Crippen molar-refractivity contribution in [1.82, 2.24) is 4.90 Å². The van der Waals surface area contributed by atoms with E-state index in [9.17, 15) is 14.4 Å². The largest absolute Gasteiger partial charge is 0.484 e. The normalized spacial score (nSPS) is 14.2. The topological polar surface area (TPSA) is 76.8 Å². The van der Waals surface area contributed by atoms with E-state index < -0.39 is 5.63 Å². The molecule has 29 heavy (non-hydrogen) atoms. The number of piperidine rings is 1. The molecule has 0 radical (unpaired) electrons. The van der Waals surface area contributed by atoms with Crippen molar-refractivity contribution in [2.75, 3.05) is 19.7 Å². The van der Waals surface area contributed by atoms with E-state index in [1.807, 2.05) is 12.1 Å². The Morgan fingerprint density at radius 1 is 1.03 bits per heavy atom. The van der Waals surface area contributed by atoms with Gasteiger partial charge in [-0.2, -0.15) is 0 Å². The molecular weight excluding hydrogens is 438 g/mol. The quantitative estimate of drug-likeness (QED) is 0.559. The second kappa shape index (κ2) is 8.21. The fourth-order valence-corrected chi connectivity index (χ4v) is 3.65. The number of rotatable bonds is 4. The maximum atomic E-state index is 12.3. The minimum absolute atomic E-state index is 0.0837. The van der Waals surface area contributed by atoms with Gasteiger partial charge in [0.1, 0.15) is 17.1 Å². The number of fused-ring (bicyclic) bond motifs is 1. The summed E-state index contributed by atoms with van der Waals surface area (Å²) in [6.45, 7) is 0.821. The van der Waals surface area contributed by atoms with Crippen LogP contribution in [-0.4, -0.2) is 36.3 Å². The fourth-order valence-electron chi connectivity index (χ4n) is 3.27. The monoisotopic (exact) mass is 455 g/mol. The first-order chi connectivity index (χ1) is 14.0. The van der Waals surface area contributed by atoms with Crippen LogP contribution in [0.25, 0.3) is 22.1 Å². The molecule has 1 saturated heterocycles. The molecule has 1 aromatic heterocycles. The fraction of sp³-hybridized carbons (Fsp3) is 0.227. The molecule has 0 aliphatic carbocycles. The van der Waals surface area contributed by atoms with Crippen molar-refractivity contribution in [1.29, 1.82) is 0 Å². The van der Waals surface area contributed by atoms with Crippen molar-refractivity contribution >= 4 is 38.6 Å². The summed E-state index contributed by atoms with van der Waals surface area (Å²) < 4.78 is 11.9. The van der Waals surface area contributed by atoms with Crippen LogP contribution in [0.4, 0.5) is 0 Å². The van der Waals surface area contributed by atoms with Crippen molar-refractivity contribution < 1.29 is 18.7 Å². The van der Waals surface area contributed by atoms with Gasteiger partial charge in [0.15, 0.2) is 6.61 Å². The number of carbonyl (C=O) groups excluding carboxylic acids is 2.